The molecule has 0 aromatic heterocycles. The van der Waals surface area contributed by atoms with Crippen molar-refractivity contribution in [3.8, 4) is 0 Å². The second kappa shape index (κ2) is 5.12. The van der Waals surface area contributed by atoms with Gasteiger partial charge in [0.15, 0.2) is 0 Å². The van der Waals surface area contributed by atoms with Gasteiger partial charge in [0.2, 0.25) is 0 Å². The minimum atomic E-state index is -0.221. The van der Waals surface area contributed by atoms with Gasteiger partial charge in [-0.05, 0) is 31.6 Å². The average Bonchev–Trinajstić information content (AvgIpc) is 2.64. The van der Waals surface area contributed by atoms with E-state index in [4.69, 9.17) is 4.74 Å². The zero-order valence-electron chi connectivity index (χ0n) is 9.50. The molecule has 1 saturated carbocycles. The van der Waals surface area contributed by atoms with E-state index in [1.54, 1.807) is 0 Å². The van der Waals surface area contributed by atoms with Crippen LogP contribution in [0.3, 0.4) is 0 Å². The fourth-order valence-corrected chi connectivity index (χ4v) is 2.40. The van der Waals surface area contributed by atoms with Crippen LogP contribution in [0.1, 0.15) is 25.7 Å². The first-order chi connectivity index (χ1) is 8.20. The highest BCUT2D eigenvalue weighted by Gasteiger charge is 2.29. The third-order valence-electron chi connectivity index (χ3n) is 3.38. The standard InChI is InChI=1S/C12H15NO4/c14-8-17-10-3-1-9(2-4-10)7-13-11(15)5-6-12(13)16/h5-6,8-10H,1-4,7H2. The highest BCUT2D eigenvalue weighted by Crippen LogP contribution is 2.27. The summed E-state index contributed by atoms with van der Waals surface area (Å²) in [7, 11) is 0. The lowest BCUT2D eigenvalue weighted by atomic mass is 9.87. The number of carbonyl (C=O) groups excluding carboxylic acids is 3. The Hall–Kier alpha value is -1.65. The molecule has 1 aliphatic heterocycles. The zero-order chi connectivity index (χ0) is 12.3. The minimum absolute atomic E-state index is 0.00635. The molecule has 2 rings (SSSR count). The van der Waals surface area contributed by atoms with Crippen molar-refractivity contribution in [3.63, 3.8) is 0 Å². The Morgan fingerprint density at radius 3 is 2.29 bits per heavy atom. The summed E-state index contributed by atoms with van der Waals surface area (Å²) < 4.78 is 4.90. The summed E-state index contributed by atoms with van der Waals surface area (Å²) in [6.07, 6.45) is 6.02. The van der Waals surface area contributed by atoms with Gasteiger partial charge in [-0.2, -0.15) is 0 Å². The van der Waals surface area contributed by atoms with Crippen LogP contribution in [0.2, 0.25) is 0 Å². The van der Waals surface area contributed by atoms with Gasteiger partial charge < -0.3 is 4.74 Å². The number of hydrogen-bond acceptors (Lipinski definition) is 4. The molecule has 0 spiro atoms. The minimum Gasteiger partial charge on any atom is -0.465 e. The predicted molar refractivity (Wildman–Crippen MR) is 58.8 cm³/mol. The quantitative estimate of drug-likeness (QED) is 0.532. The summed E-state index contributed by atoms with van der Waals surface area (Å²) in [5.74, 6) is -0.114. The predicted octanol–water partition coefficient (Wildman–Crippen LogP) is 0.643. The van der Waals surface area contributed by atoms with Gasteiger partial charge in [0.05, 0.1) is 0 Å². The number of rotatable bonds is 4. The van der Waals surface area contributed by atoms with Crippen LogP contribution >= 0.6 is 0 Å². The third kappa shape index (κ3) is 2.72. The van der Waals surface area contributed by atoms with Crippen LogP contribution < -0.4 is 0 Å². The normalized spacial score (nSPS) is 28.6. The van der Waals surface area contributed by atoms with Crippen LogP contribution in [0.15, 0.2) is 12.2 Å². The molecular weight excluding hydrogens is 222 g/mol. The summed E-state index contributed by atoms with van der Waals surface area (Å²) in [5, 5.41) is 0. The lowest BCUT2D eigenvalue weighted by Crippen LogP contribution is -2.36. The lowest BCUT2D eigenvalue weighted by molar-refractivity contribution is -0.137. The van der Waals surface area contributed by atoms with Gasteiger partial charge >= 0.3 is 0 Å². The number of carbonyl (C=O) groups is 3. The number of hydrogen-bond donors (Lipinski definition) is 0. The van der Waals surface area contributed by atoms with E-state index in [-0.39, 0.29) is 17.9 Å². The Bertz CT molecular complexity index is 338. The van der Waals surface area contributed by atoms with Gasteiger partial charge in [-0.3, -0.25) is 19.3 Å². The van der Waals surface area contributed by atoms with E-state index >= 15 is 0 Å². The third-order valence-corrected chi connectivity index (χ3v) is 3.38. The van der Waals surface area contributed by atoms with E-state index in [1.807, 2.05) is 0 Å². The molecule has 0 N–H and O–H groups in total. The summed E-state index contributed by atoms with van der Waals surface area (Å²) in [6.45, 7) is 0.973. The topological polar surface area (TPSA) is 63.7 Å². The average molecular weight is 237 g/mol. The maximum Gasteiger partial charge on any atom is 0.293 e. The second-order valence-corrected chi connectivity index (χ2v) is 4.50. The van der Waals surface area contributed by atoms with Crippen LogP contribution in [0.5, 0.6) is 0 Å². The van der Waals surface area contributed by atoms with Crippen molar-refractivity contribution in [2.75, 3.05) is 6.54 Å². The first-order valence-corrected chi connectivity index (χ1v) is 5.83. The van der Waals surface area contributed by atoms with Crippen LogP contribution in [0.4, 0.5) is 0 Å². The van der Waals surface area contributed by atoms with Crippen LogP contribution in [-0.2, 0) is 19.1 Å². The molecule has 0 aromatic carbocycles. The summed E-state index contributed by atoms with van der Waals surface area (Å²) >= 11 is 0. The van der Waals surface area contributed by atoms with E-state index in [0.29, 0.717) is 18.9 Å². The molecule has 92 valence electrons. The van der Waals surface area contributed by atoms with E-state index in [9.17, 15) is 14.4 Å². The first kappa shape index (κ1) is 11.8. The van der Waals surface area contributed by atoms with E-state index in [1.165, 1.54) is 17.1 Å². The highest BCUT2D eigenvalue weighted by atomic mass is 16.5. The van der Waals surface area contributed by atoms with Crippen molar-refractivity contribution in [3.05, 3.63) is 12.2 Å². The molecule has 0 radical (unpaired) electrons. The molecule has 0 unspecified atom stereocenters. The SMILES string of the molecule is O=COC1CCC(CN2C(=O)C=CC2=O)CC1. The molecule has 1 fully saturated rings. The molecule has 2 amide bonds. The molecule has 1 heterocycles. The molecule has 0 aromatic rings. The maximum atomic E-state index is 11.4. The monoisotopic (exact) mass is 237 g/mol. The van der Waals surface area contributed by atoms with E-state index in [0.717, 1.165) is 25.7 Å². The maximum absolute atomic E-state index is 11.4. The van der Waals surface area contributed by atoms with Gasteiger partial charge in [-0.25, -0.2) is 0 Å². The Morgan fingerprint density at radius 1 is 1.18 bits per heavy atom. The first-order valence-electron chi connectivity index (χ1n) is 5.83. The van der Waals surface area contributed by atoms with Crippen LogP contribution in [0, 0.1) is 5.92 Å². The molecule has 0 saturated heterocycles. The van der Waals surface area contributed by atoms with Gasteiger partial charge in [0.25, 0.3) is 18.3 Å². The zero-order valence-corrected chi connectivity index (χ0v) is 9.50. The summed E-state index contributed by atoms with van der Waals surface area (Å²) in [4.78, 5) is 34.2. The molecule has 1 aliphatic carbocycles. The Kier molecular flexibility index (Phi) is 3.56. The highest BCUT2D eigenvalue weighted by molar-refractivity contribution is 6.12. The largest absolute Gasteiger partial charge is 0.465 e. The van der Waals surface area contributed by atoms with Crippen LogP contribution in [-0.4, -0.2) is 35.8 Å². The van der Waals surface area contributed by atoms with Gasteiger partial charge in [-0.15, -0.1) is 0 Å². The number of nitrogens with zero attached hydrogens (tertiary/aromatic N) is 1. The number of ether oxygens (including phenoxy) is 1. The van der Waals surface area contributed by atoms with Crippen molar-refractivity contribution in [2.45, 2.75) is 31.8 Å². The fraction of sp³-hybridized carbons (Fsp3) is 0.583. The second-order valence-electron chi connectivity index (χ2n) is 4.50. The van der Waals surface area contributed by atoms with Gasteiger partial charge in [-0.1, -0.05) is 0 Å². The van der Waals surface area contributed by atoms with Crippen molar-refractivity contribution in [2.24, 2.45) is 5.92 Å². The van der Waals surface area contributed by atoms with Gasteiger partial charge in [0.1, 0.15) is 6.10 Å². The molecule has 17 heavy (non-hydrogen) atoms. The lowest BCUT2D eigenvalue weighted by Gasteiger charge is -2.29. The van der Waals surface area contributed by atoms with Crippen molar-refractivity contribution in [1.82, 2.24) is 4.90 Å². The Labute approximate surface area is 99.4 Å². The smallest absolute Gasteiger partial charge is 0.293 e. The van der Waals surface area contributed by atoms with Crippen LogP contribution in [0.25, 0.3) is 0 Å². The van der Waals surface area contributed by atoms with E-state index in [2.05, 4.69) is 0 Å². The summed E-state index contributed by atoms with van der Waals surface area (Å²) in [5.41, 5.74) is 0. The molecule has 0 bridgehead atoms. The van der Waals surface area contributed by atoms with Crippen molar-refractivity contribution in [1.29, 1.82) is 0 Å². The van der Waals surface area contributed by atoms with Gasteiger partial charge in [0, 0.05) is 18.7 Å². The number of imide groups is 1. The van der Waals surface area contributed by atoms with E-state index < -0.39 is 0 Å². The fourth-order valence-electron chi connectivity index (χ4n) is 2.40. The summed E-state index contributed by atoms with van der Waals surface area (Å²) in [6, 6.07) is 0. The molecular formula is C12H15NO4. The number of amides is 2. The molecule has 2 aliphatic rings. The van der Waals surface area contributed by atoms with Crippen molar-refractivity contribution < 1.29 is 19.1 Å². The molecule has 5 nitrogen and oxygen atoms in total. The Balaban J connectivity index is 1.80. The molecule has 5 heteroatoms. The molecule has 0 atom stereocenters. The van der Waals surface area contributed by atoms with Crippen molar-refractivity contribution >= 4 is 18.3 Å². The Morgan fingerprint density at radius 2 is 1.76 bits per heavy atom.